The third kappa shape index (κ3) is 3.35. The molecule has 1 saturated carbocycles. The third-order valence-electron chi connectivity index (χ3n) is 3.46. The van der Waals surface area contributed by atoms with Crippen LogP contribution >= 0.6 is 23.7 Å². The van der Waals surface area contributed by atoms with E-state index in [9.17, 15) is 0 Å². The second-order valence-corrected chi connectivity index (χ2v) is 6.33. The maximum atomic E-state index is 6.00. The van der Waals surface area contributed by atoms with Gasteiger partial charge in [-0.25, -0.2) is 4.98 Å². The zero-order valence-corrected chi connectivity index (χ0v) is 12.2. The molecular weight excluding hydrogens is 270 g/mol. The van der Waals surface area contributed by atoms with E-state index in [4.69, 9.17) is 10.5 Å². The number of hydrogen-bond acceptors (Lipinski definition) is 5. The summed E-state index contributed by atoms with van der Waals surface area (Å²) >= 11 is 1.59. The van der Waals surface area contributed by atoms with Gasteiger partial charge in [0.1, 0.15) is 0 Å². The standard InChI is InChI=1S/C12H19N3OS.ClH/c1-8-5-15(6-10-4-14-12(13)17-10)7-11(16-8)9-2-3-9;/h4,8-9,11H,2-3,5-7H2,1H3,(H2,13,14);1H. The summed E-state index contributed by atoms with van der Waals surface area (Å²) in [5.74, 6) is 0.812. The fraction of sp³-hybridized carbons (Fsp3) is 0.750. The van der Waals surface area contributed by atoms with E-state index < -0.39 is 0 Å². The number of morpholine rings is 1. The summed E-state index contributed by atoms with van der Waals surface area (Å²) in [4.78, 5) is 7.84. The number of rotatable bonds is 3. The zero-order chi connectivity index (χ0) is 11.8. The van der Waals surface area contributed by atoms with Crippen molar-refractivity contribution in [1.29, 1.82) is 0 Å². The van der Waals surface area contributed by atoms with E-state index in [1.165, 1.54) is 17.7 Å². The monoisotopic (exact) mass is 289 g/mol. The predicted molar refractivity (Wildman–Crippen MR) is 76.1 cm³/mol. The lowest BCUT2D eigenvalue weighted by molar-refractivity contribution is -0.0879. The Bertz CT molecular complexity index is 396. The minimum absolute atomic E-state index is 0. The quantitative estimate of drug-likeness (QED) is 0.926. The van der Waals surface area contributed by atoms with Gasteiger partial charge < -0.3 is 10.5 Å². The SMILES string of the molecule is CC1CN(Cc2cnc(N)s2)CC(C2CC2)O1.Cl. The van der Waals surface area contributed by atoms with Crippen LogP contribution in [0.15, 0.2) is 6.20 Å². The second-order valence-electron chi connectivity index (χ2n) is 5.18. The molecule has 2 heterocycles. The highest BCUT2D eigenvalue weighted by molar-refractivity contribution is 7.15. The number of nitrogens with zero attached hydrogens (tertiary/aromatic N) is 2. The summed E-state index contributed by atoms with van der Waals surface area (Å²) in [6.45, 7) is 5.21. The molecule has 3 rings (SSSR count). The van der Waals surface area contributed by atoms with Gasteiger partial charge in [0.2, 0.25) is 0 Å². The minimum atomic E-state index is 0. The van der Waals surface area contributed by atoms with Gasteiger partial charge in [-0.2, -0.15) is 0 Å². The molecule has 0 radical (unpaired) electrons. The second kappa shape index (κ2) is 5.74. The topological polar surface area (TPSA) is 51.4 Å². The number of ether oxygens (including phenoxy) is 1. The number of aromatic nitrogens is 1. The lowest BCUT2D eigenvalue weighted by Gasteiger charge is -2.36. The fourth-order valence-electron chi connectivity index (χ4n) is 2.55. The highest BCUT2D eigenvalue weighted by Gasteiger charge is 2.37. The Morgan fingerprint density at radius 3 is 2.89 bits per heavy atom. The van der Waals surface area contributed by atoms with Crippen molar-refractivity contribution in [3.05, 3.63) is 11.1 Å². The highest BCUT2D eigenvalue weighted by Crippen LogP contribution is 2.37. The Balaban J connectivity index is 0.00000120. The number of nitrogen functional groups attached to an aromatic ring is 1. The Labute approximate surface area is 118 Å². The molecule has 1 aliphatic carbocycles. The van der Waals surface area contributed by atoms with Crippen molar-refractivity contribution in [3.63, 3.8) is 0 Å². The van der Waals surface area contributed by atoms with Crippen LogP contribution in [0.3, 0.4) is 0 Å². The van der Waals surface area contributed by atoms with Crippen LogP contribution in [0.2, 0.25) is 0 Å². The van der Waals surface area contributed by atoms with Crippen molar-refractivity contribution < 1.29 is 4.74 Å². The summed E-state index contributed by atoms with van der Waals surface area (Å²) in [7, 11) is 0. The Kier molecular flexibility index (Phi) is 4.48. The lowest BCUT2D eigenvalue weighted by atomic mass is 10.1. The van der Waals surface area contributed by atoms with Gasteiger partial charge in [0, 0.05) is 30.7 Å². The van der Waals surface area contributed by atoms with Crippen molar-refractivity contribution in [2.45, 2.75) is 38.5 Å². The molecule has 2 aliphatic rings. The van der Waals surface area contributed by atoms with Gasteiger partial charge in [0.25, 0.3) is 0 Å². The molecule has 2 unspecified atom stereocenters. The van der Waals surface area contributed by atoms with Crippen molar-refractivity contribution >= 4 is 28.9 Å². The van der Waals surface area contributed by atoms with Gasteiger partial charge >= 0.3 is 0 Å². The van der Waals surface area contributed by atoms with Crippen LogP contribution in [-0.4, -0.2) is 35.2 Å². The predicted octanol–water partition coefficient (Wildman–Crippen LogP) is 2.15. The van der Waals surface area contributed by atoms with Gasteiger partial charge in [-0.05, 0) is 25.7 Å². The number of nitrogens with two attached hydrogens (primary N) is 1. The fourth-order valence-corrected chi connectivity index (χ4v) is 3.28. The van der Waals surface area contributed by atoms with E-state index in [1.54, 1.807) is 11.3 Å². The maximum absolute atomic E-state index is 6.00. The molecule has 2 N–H and O–H groups in total. The van der Waals surface area contributed by atoms with Crippen LogP contribution in [0.4, 0.5) is 5.13 Å². The van der Waals surface area contributed by atoms with Gasteiger partial charge in [0.05, 0.1) is 12.2 Å². The van der Waals surface area contributed by atoms with E-state index in [0.29, 0.717) is 17.3 Å². The van der Waals surface area contributed by atoms with Crippen molar-refractivity contribution in [2.75, 3.05) is 18.8 Å². The Hall–Kier alpha value is -0.360. The molecule has 18 heavy (non-hydrogen) atoms. The van der Waals surface area contributed by atoms with Crippen molar-refractivity contribution in [1.82, 2.24) is 9.88 Å². The number of hydrogen-bond donors (Lipinski definition) is 1. The van der Waals surface area contributed by atoms with E-state index in [0.717, 1.165) is 25.6 Å². The van der Waals surface area contributed by atoms with Crippen LogP contribution in [0.25, 0.3) is 0 Å². The first-order chi connectivity index (χ1) is 8.20. The number of thiazole rings is 1. The first kappa shape index (κ1) is 14.1. The van der Waals surface area contributed by atoms with E-state index >= 15 is 0 Å². The van der Waals surface area contributed by atoms with E-state index in [1.807, 2.05) is 6.20 Å². The van der Waals surface area contributed by atoms with Crippen LogP contribution in [0, 0.1) is 5.92 Å². The van der Waals surface area contributed by atoms with Crippen LogP contribution in [0.5, 0.6) is 0 Å². The molecule has 1 aromatic heterocycles. The molecule has 1 aliphatic heterocycles. The molecule has 6 heteroatoms. The molecule has 0 aromatic carbocycles. The molecule has 1 aromatic rings. The van der Waals surface area contributed by atoms with Crippen LogP contribution in [-0.2, 0) is 11.3 Å². The average Bonchev–Trinajstić information content (AvgIpc) is 3.03. The first-order valence-electron chi connectivity index (χ1n) is 6.28. The summed E-state index contributed by atoms with van der Waals surface area (Å²) in [6.07, 6.45) is 5.38. The maximum Gasteiger partial charge on any atom is 0.180 e. The molecule has 0 bridgehead atoms. The van der Waals surface area contributed by atoms with Crippen LogP contribution in [0.1, 0.15) is 24.6 Å². The van der Waals surface area contributed by atoms with Crippen LogP contribution < -0.4 is 5.73 Å². The third-order valence-corrected chi connectivity index (χ3v) is 4.27. The number of halogens is 1. The van der Waals surface area contributed by atoms with Gasteiger partial charge in [0.15, 0.2) is 5.13 Å². The summed E-state index contributed by atoms with van der Waals surface area (Å²) in [5, 5.41) is 0.667. The Morgan fingerprint density at radius 1 is 1.50 bits per heavy atom. The molecular formula is C12H20ClN3OS. The highest BCUT2D eigenvalue weighted by atomic mass is 35.5. The lowest BCUT2D eigenvalue weighted by Crippen LogP contribution is -2.46. The Morgan fingerprint density at radius 2 is 2.28 bits per heavy atom. The molecule has 0 amide bonds. The largest absolute Gasteiger partial charge is 0.375 e. The molecule has 2 atom stereocenters. The van der Waals surface area contributed by atoms with E-state index in [-0.39, 0.29) is 12.4 Å². The first-order valence-corrected chi connectivity index (χ1v) is 7.10. The summed E-state index contributed by atoms with van der Waals surface area (Å²) < 4.78 is 6.00. The van der Waals surface area contributed by atoms with E-state index in [2.05, 4.69) is 16.8 Å². The zero-order valence-electron chi connectivity index (χ0n) is 10.5. The normalized spacial score (nSPS) is 28.9. The summed E-state index contributed by atoms with van der Waals surface area (Å²) in [6, 6.07) is 0. The smallest absolute Gasteiger partial charge is 0.180 e. The minimum Gasteiger partial charge on any atom is -0.375 e. The molecule has 2 fully saturated rings. The molecule has 1 saturated heterocycles. The van der Waals surface area contributed by atoms with Gasteiger partial charge in [-0.15, -0.1) is 23.7 Å². The molecule has 4 nitrogen and oxygen atoms in total. The summed E-state index contributed by atoms with van der Waals surface area (Å²) in [5.41, 5.74) is 5.66. The van der Waals surface area contributed by atoms with Crippen molar-refractivity contribution in [2.24, 2.45) is 5.92 Å². The number of anilines is 1. The van der Waals surface area contributed by atoms with Crippen molar-refractivity contribution in [3.8, 4) is 0 Å². The van der Waals surface area contributed by atoms with Gasteiger partial charge in [-0.3, -0.25) is 4.90 Å². The average molecular weight is 290 g/mol. The van der Waals surface area contributed by atoms with Gasteiger partial charge in [-0.1, -0.05) is 0 Å². The molecule has 102 valence electrons. The molecule has 0 spiro atoms.